The molecule has 0 aliphatic rings. The number of rotatable bonds is 2. The summed E-state index contributed by atoms with van der Waals surface area (Å²) in [6.45, 7) is 7.78. The van der Waals surface area contributed by atoms with Crippen molar-refractivity contribution in [3.8, 4) is 0 Å². The minimum Gasteiger partial charge on any atom is -0.458 e. The zero-order valence-electron chi connectivity index (χ0n) is 10.2. The lowest BCUT2D eigenvalue weighted by Crippen LogP contribution is -2.27. The van der Waals surface area contributed by atoms with Gasteiger partial charge in [-0.05, 0) is 31.4 Å². The van der Waals surface area contributed by atoms with Crippen molar-refractivity contribution >= 4 is 11.0 Å². The fraction of sp³-hybridized carbons (Fsp3) is 0.429. The van der Waals surface area contributed by atoms with Gasteiger partial charge in [0.25, 0.3) is 0 Å². The second kappa shape index (κ2) is 3.63. The Balaban J connectivity index is 2.60. The number of hydrogen-bond donors (Lipinski definition) is 1. The van der Waals surface area contributed by atoms with E-state index in [0.717, 1.165) is 16.5 Å². The molecule has 1 aromatic heterocycles. The molecule has 1 N–H and O–H groups in total. The predicted molar refractivity (Wildman–Crippen MR) is 65.4 cm³/mol. The van der Waals surface area contributed by atoms with Crippen LogP contribution in [0.15, 0.2) is 28.7 Å². The summed E-state index contributed by atoms with van der Waals surface area (Å²) in [5.74, 6) is 0.764. The van der Waals surface area contributed by atoms with Crippen molar-refractivity contribution in [2.45, 2.75) is 33.3 Å². The van der Waals surface area contributed by atoms with Crippen molar-refractivity contribution in [3.63, 3.8) is 0 Å². The van der Waals surface area contributed by atoms with Crippen molar-refractivity contribution in [2.75, 3.05) is 0 Å². The van der Waals surface area contributed by atoms with Crippen LogP contribution >= 0.6 is 0 Å². The van der Waals surface area contributed by atoms with Gasteiger partial charge in [-0.15, -0.1) is 0 Å². The molecule has 2 aromatic rings. The molecule has 1 atom stereocenters. The van der Waals surface area contributed by atoms with Gasteiger partial charge >= 0.3 is 0 Å². The Hall–Kier alpha value is -1.28. The van der Waals surface area contributed by atoms with Crippen LogP contribution in [0.3, 0.4) is 0 Å². The highest BCUT2D eigenvalue weighted by Crippen LogP contribution is 2.34. The van der Waals surface area contributed by atoms with E-state index in [1.807, 2.05) is 45.0 Å². The van der Waals surface area contributed by atoms with Crippen molar-refractivity contribution in [2.24, 2.45) is 5.92 Å². The summed E-state index contributed by atoms with van der Waals surface area (Å²) in [5.41, 5.74) is 1.06. The molecular weight excluding hydrogens is 200 g/mol. The Bertz CT molecular complexity index is 506. The lowest BCUT2D eigenvalue weighted by atomic mass is 9.90. The van der Waals surface area contributed by atoms with Crippen LogP contribution in [0.1, 0.15) is 32.1 Å². The SMILES string of the molecule is Cc1cccc2cc(C(C)(O)C(C)C)oc12. The monoisotopic (exact) mass is 218 g/mol. The molecule has 0 fully saturated rings. The third-order valence-electron chi connectivity index (χ3n) is 3.36. The first-order chi connectivity index (χ1) is 7.43. The normalized spacial score (nSPS) is 15.6. The van der Waals surface area contributed by atoms with Crippen LogP contribution in [0.25, 0.3) is 11.0 Å². The predicted octanol–water partition coefficient (Wildman–Crippen LogP) is 3.60. The largest absolute Gasteiger partial charge is 0.458 e. The minimum absolute atomic E-state index is 0.119. The molecule has 16 heavy (non-hydrogen) atoms. The molecule has 1 aromatic carbocycles. The molecule has 0 aliphatic carbocycles. The molecule has 0 bridgehead atoms. The van der Waals surface area contributed by atoms with Gasteiger partial charge in [-0.3, -0.25) is 0 Å². The van der Waals surface area contributed by atoms with Crippen molar-refractivity contribution in [1.29, 1.82) is 0 Å². The molecule has 0 saturated carbocycles. The molecular formula is C14H18O2. The van der Waals surface area contributed by atoms with E-state index < -0.39 is 5.60 Å². The minimum atomic E-state index is -0.911. The summed E-state index contributed by atoms with van der Waals surface area (Å²) in [4.78, 5) is 0. The van der Waals surface area contributed by atoms with Gasteiger partial charge < -0.3 is 9.52 Å². The van der Waals surface area contributed by atoms with Crippen molar-refractivity contribution in [3.05, 3.63) is 35.6 Å². The summed E-state index contributed by atoms with van der Waals surface area (Å²) >= 11 is 0. The quantitative estimate of drug-likeness (QED) is 0.835. The smallest absolute Gasteiger partial charge is 0.137 e. The van der Waals surface area contributed by atoms with E-state index >= 15 is 0 Å². The van der Waals surface area contributed by atoms with E-state index in [4.69, 9.17) is 4.42 Å². The topological polar surface area (TPSA) is 33.4 Å². The van der Waals surface area contributed by atoms with E-state index in [9.17, 15) is 5.11 Å². The van der Waals surface area contributed by atoms with Crippen LogP contribution in [-0.4, -0.2) is 5.11 Å². The number of furan rings is 1. The van der Waals surface area contributed by atoms with Crippen LogP contribution in [0.5, 0.6) is 0 Å². The molecule has 0 aliphatic heterocycles. The van der Waals surface area contributed by atoms with E-state index in [2.05, 4.69) is 0 Å². The van der Waals surface area contributed by atoms with E-state index in [1.54, 1.807) is 6.92 Å². The third kappa shape index (κ3) is 1.63. The van der Waals surface area contributed by atoms with Crippen LogP contribution in [0.4, 0.5) is 0 Å². The molecule has 0 radical (unpaired) electrons. The average molecular weight is 218 g/mol. The Morgan fingerprint density at radius 2 is 2.00 bits per heavy atom. The van der Waals surface area contributed by atoms with Gasteiger partial charge in [-0.1, -0.05) is 32.0 Å². The summed E-state index contributed by atoms with van der Waals surface area (Å²) in [6.07, 6.45) is 0. The highest BCUT2D eigenvalue weighted by molar-refractivity contribution is 5.81. The molecule has 1 unspecified atom stereocenters. The second-order valence-electron chi connectivity index (χ2n) is 4.91. The second-order valence-corrected chi connectivity index (χ2v) is 4.91. The maximum Gasteiger partial charge on any atom is 0.137 e. The highest BCUT2D eigenvalue weighted by atomic mass is 16.4. The van der Waals surface area contributed by atoms with Crippen LogP contribution in [0, 0.1) is 12.8 Å². The number of fused-ring (bicyclic) bond motifs is 1. The first kappa shape index (κ1) is 11.2. The third-order valence-corrected chi connectivity index (χ3v) is 3.36. The fourth-order valence-corrected chi connectivity index (χ4v) is 1.74. The zero-order chi connectivity index (χ0) is 11.9. The fourth-order valence-electron chi connectivity index (χ4n) is 1.74. The molecule has 1 heterocycles. The standard InChI is InChI=1S/C14H18O2/c1-9(2)14(4,15)12-8-11-7-5-6-10(3)13(11)16-12/h5-9,15H,1-4H3. The summed E-state index contributed by atoms with van der Waals surface area (Å²) in [7, 11) is 0. The van der Waals surface area contributed by atoms with E-state index in [1.165, 1.54) is 0 Å². The highest BCUT2D eigenvalue weighted by Gasteiger charge is 2.31. The van der Waals surface area contributed by atoms with Crippen molar-refractivity contribution < 1.29 is 9.52 Å². The van der Waals surface area contributed by atoms with Gasteiger partial charge in [-0.25, -0.2) is 0 Å². The lowest BCUT2D eigenvalue weighted by Gasteiger charge is -2.24. The average Bonchev–Trinajstić information content (AvgIpc) is 2.63. The van der Waals surface area contributed by atoms with Gasteiger partial charge in [0, 0.05) is 5.39 Å². The number of aryl methyl sites for hydroxylation is 1. The van der Waals surface area contributed by atoms with Crippen molar-refractivity contribution in [1.82, 2.24) is 0 Å². The summed E-state index contributed by atoms with van der Waals surface area (Å²) < 4.78 is 5.77. The van der Waals surface area contributed by atoms with Gasteiger partial charge in [-0.2, -0.15) is 0 Å². The van der Waals surface area contributed by atoms with Gasteiger partial charge in [0.1, 0.15) is 16.9 Å². The summed E-state index contributed by atoms with van der Waals surface area (Å²) in [6, 6.07) is 7.95. The number of aliphatic hydroxyl groups is 1. The van der Waals surface area contributed by atoms with E-state index in [0.29, 0.717) is 5.76 Å². The van der Waals surface area contributed by atoms with E-state index in [-0.39, 0.29) is 5.92 Å². The first-order valence-corrected chi connectivity index (χ1v) is 5.65. The van der Waals surface area contributed by atoms with Crippen LogP contribution in [-0.2, 0) is 5.60 Å². The molecule has 2 rings (SSSR count). The lowest BCUT2D eigenvalue weighted by molar-refractivity contribution is -0.00982. The van der Waals surface area contributed by atoms with Gasteiger partial charge in [0.05, 0.1) is 0 Å². The molecule has 0 amide bonds. The molecule has 2 nitrogen and oxygen atoms in total. The Morgan fingerprint density at radius 1 is 1.31 bits per heavy atom. The molecule has 0 spiro atoms. The number of para-hydroxylation sites is 1. The maximum absolute atomic E-state index is 10.4. The number of hydrogen-bond acceptors (Lipinski definition) is 2. The zero-order valence-corrected chi connectivity index (χ0v) is 10.2. The van der Waals surface area contributed by atoms with Gasteiger partial charge in [0.15, 0.2) is 0 Å². The Labute approximate surface area is 95.9 Å². The Morgan fingerprint density at radius 3 is 2.56 bits per heavy atom. The van der Waals surface area contributed by atoms with Gasteiger partial charge in [0.2, 0.25) is 0 Å². The number of benzene rings is 1. The molecule has 2 heteroatoms. The molecule has 86 valence electrons. The summed E-state index contributed by atoms with van der Waals surface area (Å²) in [5, 5.41) is 11.4. The Kier molecular flexibility index (Phi) is 2.55. The first-order valence-electron chi connectivity index (χ1n) is 5.65. The van der Waals surface area contributed by atoms with Crippen LogP contribution < -0.4 is 0 Å². The molecule has 0 saturated heterocycles. The van der Waals surface area contributed by atoms with Crippen LogP contribution in [0.2, 0.25) is 0 Å². The maximum atomic E-state index is 10.4.